The van der Waals surface area contributed by atoms with E-state index in [1.165, 1.54) is 0 Å². The number of nitrogens with one attached hydrogen (secondary N) is 1. The van der Waals surface area contributed by atoms with Gasteiger partial charge in [0.15, 0.2) is 0 Å². The minimum atomic E-state index is -0.282. The zero-order valence-corrected chi connectivity index (χ0v) is 14.3. The predicted molar refractivity (Wildman–Crippen MR) is 100 cm³/mol. The molecule has 1 aliphatic heterocycles. The number of carbonyl (C=O) groups is 1. The smallest absolute Gasteiger partial charge is 0.257 e. The molecular weight excluding hydrogens is 312 g/mol. The van der Waals surface area contributed by atoms with Crippen LogP contribution in [0.5, 0.6) is 5.75 Å². The van der Waals surface area contributed by atoms with E-state index in [0.717, 1.165) is 27.8 Å². The first-order chi connectivity index (χ1) is 12.2. The topological polar surface area (TPSA) is 41.6 Å². The summed E-state index contributed by atoms with van der Waals surface area (Å²) in [5, 5.41) is 5.72. The van der Waals surface area contributed by atoms with Crippen LogP contribution in [0.3, 0.4) is 0 Å². The third-order valence-electron chi connectivity index (χ3n) is 4.66. The Morgan fingerprint density at radius 1 is 1.04 bits per heavy atom. The quantitative estimate of drug-likeness (QED) is 0.771. The van der Waals surface area contributed by atoms with Gasteiger partial charge in [0.25, 0.3) is 5.91 Å². The third-order valence-corrected chi connectivity index (χ3v) is 4.66. The molecule has 4 nitrogen and oxygen atoms in total. The van der Waals surface area contributed by atoms with Crippen LogP contribution in [0, 0.1) is 0 Å². The van der Waals surface area contributed by atoms with Gasteiger partial charge in [-0.2, -0.15) is 0 Å². The fraction of sp³-hybridized carbons (Fsp3) is 0.190. The summed E-state index contributed by atoms with van der Waals surface area (Å²) in [6, 6.07) is 19.9. The van der Waals surface area contributed by atoms with Gasteiger partial charge >= 0.3 is 0 Å². The molecule has 3 aromatic carbocycles. The average Bonchev–Trinajstić information content (AvgIpc) is 2.65. The lowest BCUT2D eigenvalue weighted by molar-refractivity contribution is 0.0734. The Bertz CT molecular complexity index is 952. The molecule has 0 aliphatic carbocycles. The van der Waals surface area contributed by atoms with Gasteiger partial charge in [-0.15, -0.1) is 0 Å². The van der Waals surface area contributed by atoms with E-state index < -0.39 is 0 Å². The number of rotatable bonds is 3. The first kappa shape index (κ1) is 15.5. The van der Waals surface area contributed by atoms with E-state index in [1.807, 2.05) is 56.4 Å². The average molecular weight is 332 g/mol. The lowest BCUT2D eigenvalue weighted by Gasteiger charge is -2.36. The second kappa shape index (κ2) is 6.13. The molecule has 1 heterocycles. The van der Waals surface area contributed by atoms with Crippen molar-refractivity contribution < 1.29 is 9.53 Å². The highest BCUT2D eigenvalue weighted by atomic mass is 16.5. The van der Waals surface area contributed by atoms with Crippen LogP contribution in [0.1, 0.15) is 29.0 Å². The van der Waals surface area contributed by atoms with Gasteiger partial charge in [0.05, 0.1) is 12.2 Å². The van der Waals surface area contributed by atoms with Crippen LogP contribution in [-0.2, 0) is 0 Å². The van der Waals surface area contributed by atoms with E-state index in [1.54, 1.807) is 4.90 Å². The van der Waals surface area contributed by atoms with Crippen molar-refractivity contribution in [3.05, 3.63) is 71.8 Å². The number of ether oxygens (including phenoxy) is 1. The molecule has 25 heavy (non-hydrogen) atoms. The lowest BCUT2D eigenvalue weighted by atomic mass is 9.98. The van der Waals surface area contributed by atoms with Crippen LogP contribution in [0.15, 0.2) is 60.7 Å². The number of carbonyl (C=O) groups excluding carboxylic acids is 1. The number of amides is 1. The van der Waals surface area contributed by atoms with E-state index in [-0.39, 0.29) is 12.1 Å². The highest BCUT2D eigenvalue weighted by molar-refractivity contribution is 6.02. The number of benzene rings is 3. The summed E-state index contributed by atoms with van der Waals surface area (Å²) in [4.78, 5) is 14.6. The monoisotopic (exact) mass is 332 g/mol. The summed E-state index contributed by atoms with van der Waals surface area (Å²) < 4.78 is 5.89. The SMILES string of the molecule is CCOc1ccc2ccccc2c1C1Nc2ccccc2C(=O)N1C. The van der Waals surface area contributed by atoms with E-state index in [0.29, 0.717) is 12.2 Å². The normalized spacial score (nSPS) is 16.5. The molecule has 1 amide bonds. The fourth-order valence-electron chi connectivity index (χ4n) is 3.45. The number of hydrogen-bond donors (Lipinski definition) is 1. The molecule has 4 heteroatoms. The molecule has 1 unspecified atom stereocenters. The number of para-hydroxylation sites is 1. The van der Waals surface area contributed by atoms with Crippen LogP contribution in [0.2, 0.25) is 0 Å². The first-order valence-corrected chi connectivity index (χ1v) is 8.48. The van der Waals surface area contributed by atoms with Crippen LogP contribution in [0.25, 0.3) is 10.8 Å². The Labute approximate surface area is 147 Å². The summed E-state index contributed by atoms with van der Waals surface area (Å²) >= 11 is 0. The predicted octanol–water partition coefficient (Wildman–Crippen LogP) is 4.43. The maximum Gasteiger partial charge on any atom is 0.257 e. The van der Waals surface area contributed by atoms with Gasteiger partial charge in [0.2, 0.25) is 0 Å². The molecule has 0 radical (unpaired) electrons. The van der Waals surface area contributed by atoms with Crippen molar-refractivity contribution in [2.45, 2.75) is 13.1 Å². The van der Waals surface area contributed by atoms with Gasteiger partial charge in [-0.05, 0) is 35.9 Å². The second-order valence-electron chi connectivity index (χ2n) is 6.14. The molecule has 0 saturated carbocycles. The van der Waals surface area contributed by atoms with Crippen molar-refractivity contribution >= 4 is 22.4 Å². The van der Waals surface area contributed by atoms with Crippen molar-refractivity contribution in [2.75, 3.05) is 19.0 Å². The number of fused-ring (bicyclic) bond motifs is 2. The molecule has 1 aliphatic rings. The maximum atomic E-state index is 12.9. The Morgan fingerprint density at radius 2 is 1.80 bits per heavy atom. The summed E-state index contributed by atoms with van der Waals surface area (Å²) in [6.45, 7) is 2.55. The molecule has 3 aromatic rings. The molecule has 0 fully saturated rings. The number of anilines is 1. The number of nitrogens with zero attached hydrogens (tertiary/aromatic N) is 1. The van der Waals surface area contributed by atoms with E-state index in [9.17, 15) is 4.79 Å². The highest BCUT2D eigenvalue weighted by Crippen LogP contribution is 2.39. The Balaban J connectivity index is 1.92. The van der Waals surface area contributed by atoms with Crippen LogP contribution < -0.4 is 10.1 Å². The van der Waals surface area contributed by atoms with Crippen molar-refractivity contribution in [1.29, 1.82) is 0 Å². The van der Waals surface area contributed by atoms with Crippen molar-refractivity contribution in [1.82, 2.24) is 4.90 Å². The molecule has 4 rings (SSSR count). The highest BCUT2D eigenvalue weighted by Gasteiger charge is 2.32. The summed E-state index contributed by atoms with van der Waals surface area (Å²) in [5.41, 5.74) is 2.54. The van der Waals surface area contributed by atoms with Gasteiger partial charge in [0, 0.05) is 18.3 Å². The standard InChI is InChI=1S/C21H20N2O2/c1-3-25-18-13-12-14-8-4-5-9-15(14)19(18)20-22-17-11-7-6-10-16(17)21(24)23(20)2/h4-13,20,22H,3H2,1-2H3. The molecular formula is C21H20N2O2. The van der Waals surface area contributed by atoms with Gasteiger partial charge in [-0.25, -0.2) is 0 Å². The van der Waals surface area contributed by atoms with Crippen molar-refractivity contribution in [3.63, 3.8) is 0 Å². The third kappa shape index (κ3) is 2.50. The van der Waals surface area contributed by atoms with Crippen molar-refractivity contribution in [3.8, 4) is 5.75 Å². The molecule has 126 valence electrons. The van der Waals surface area contributed by atoms with Crippen molar-refractivity contribution in [2.24, 2.45) is 0 Å². The Kier molecular flexibility index (Phi) is 3.80. The Hall–Kier alpha value is -3.01. The van der Waals surface area contributed by atoms with E-state index in [2.05, 4.69) is 23.5 Å². The maximum absolute atomic E-state index is 12.9. The van der Waals surface area contributed by atoms with E-state index >= 15 is 0 Å². The molecule has 0 aromatic heterocycles. The minimum absolute atomic E-state index is 0.00901. The van der Waals surface area contributed by atoms with Gasteiger partial charge < -0.3 is 15.0 Å². The number of hydrogen-bond acceptors (Lipinski definition) is 3. The lowest BCUT2D eigenvalue weighted by Crippen LogP contribution is -2.40. The fourth-order valence-corrected chi connectivity index (χ4v) is 3.45. The van der Waals surface area contributed by atoms with E-state index in [4.69, 9.17) is 4.74 Å². The summed E-state index contributed by atoms with van der Waals surface area (Å²) in [5.74, 6) is 0.812. The van der Waals surface area contributed by atoms with Crippen LogP contribution in [-0.4, -0.2) is 24.5 Å². The first-order valence-electron chi connectivity index (χ1n) is 8.48. The minimum Gasteiger partial charge on any atom is -0.493 e. The summed E-state index contributed by atoms with van der Waals surface area (Å²) in [7, 11) is 1.83. The molecule has 1 atom stereocenters. The van der Waals surface area contributed by atoms with Gasteiger partial charge in [-0.1, -0.05) is 42.5 Å². The molecule has 1 N–H and O–H groups in total. The molecule has 0 bridgehead atoms. The molecule has 0 saturated heterocycles. The van der Waals surface area contributed by atoms with Gasteiger partial charge in [-0.3, -0.25) is 4.79 Å². The molecule has 0 spiro atoms. The second-order valence-corrected chi connectivity index (χ2v) is 6.14. The Morgan fingerprint density at radius 3 is 2.64 bits per heavy atom. The van der Waals surface area contributed by atoms with Crippen LogP contribution in [0.4, 0.5) is 5.69 Å². The summed E-state index contributed by atoms with van der Waals surface area (Å²) in [6.07, 6.45) is -0.282. The van der Waals surface area contributed by atoms with Gasteiger partial charge in [0.1, 0.15) is 11.9 Å². The largest absolute Gasteiger partial charge is 0.493 e. The zero-order chi connectivity index (χ0) is 17.4. The van der Waals surface area contributed by atoms with Crippen LogP contribution >= 0.6 is 0 Å². The zero-order valence-electron chi connectivity index (χ0n) is 14.3.